The number of piperazine rings is 1. The van der Waals surface area contributed by atoms with Gasteiger partial charge in [0.25, 0.3) is 5.91 Å². The van der Waals surface area contributed by atoms with Crippen molar-refractivity contribution in [2.45, 2.75) is 76.3 Å². The first-order chi connectivity index (χ1) is 25.4. The number of nitrogens with zero attached hydrogens (tertiary/aromatic N) is 4. The number of amides is 3. The number of phenolic OH excluding ortho intramolecular Hbond substituents is 1. The number of anilines is 2. The summed E-state index contributed by atoms with van der Waals surface area (Å²) in [7, 11) is 0. The SMILES string of the molecule is O=C1CC[C@@H](N2Cc3cc(N4CCN(CC5CCN(c6ccc([C@H]7c8ccc(O)cc8CC[C@H]7CC7CC7)cc6)CC5)CC4)ccc3C2=O)C(=O)N1. The normalized spacial score (nSPS) is 25.7. The van der Waals surface area contributed by atoms with Crippen molar-refractivity contribution in [1.82, 2.24) is 15.1 Å². The number of phenols is 1. The second kappa shape index (κ2) is 13.9. The van der Waals surface area contributed by atoms with Crippen molar-refractivity contribution < 1.29 is 19.5 Å². The second-order valence-electron chi connectivity index (χ2n) is 16.4. The average Bonchev–Trinajstić information content (AvgIpc) is 3.92. The van der Waals surface area contributed by atoms with Crippen molar-refractivity contribution in [2.75, 3.05) is 55.6 Å². The Morgan fingerprint density at radius 3 is 2.19 bits per heavy atom. The van der Waals surface area contributed by atoms with Crippen molar-refractivity contribution >= 4 is 29.1 Å². The maximum atomic E-state index is 13.1. The molecule has 1 saturated carbocycles. The van der Waals surface area contributed by atoms with Crippen LogP contribution in [0, 0.1) is 17.8 Å². The molecule has 3 amide bonds. The summed E-state index contributed by atoms with van der Waals surface area (Å²) < 4.78 is 0. The first-order valence-corrected chi connectivity index (χ1v) is 19.8. The van der Waals surface area contributed by atoms with Gasteiger partial charge in [0, 0.05) is 81.6 Å². The molecule has 9 rings (SSSR count). The lowest BCUT2D eigenvalue weighted by Gasteiger charge is -2.40. The monoisotopic (exact) mass is 701 g/mol. The van der Waals surface area contributed by atoms with Gasteiger partial charge in [0.1, 0.15) is 11.8 Å². The molecule has 3 aromatic carbocycles. The molecule has 0 unspecified atom stereocenters. The fourth-order valence-corrected chi connectivity index (χ4v) is 9.94. The van der Waals surface area contributed by atoms with Gasteiger partial charge in [0.15, 0.2) is 0 Å². The van der Waals surface area contributed by atoms with E-state index in [9.17, 15) is 19.5 Å². The van der Waals surface area contributed by atoms with Gasteiger partial charge in [0.05, 0.1) is 0 Å². The molecule has 3 saturated heterocycles. The molecule has 9 nitrogen and oxygen atoms in total. The number of piperidine rings is 2. The van der Waals surface area contributed by atoms with E-state index in [4.69, 9.17) is 0 Å². The molecule has 9 heteroatoms. The molecular formula is C43H51N5O4. The molecule has 272 valence electrons. The molecule has 0 spiro atoms. The largest absolute Gasteiger partial charge is 0.508 e. The predicted molar refractivity (Wildman–Crippen MR) is 202 cm³/mol. The molecule has 52 heavy (non-hydrogen) atoms. The van der Waals surface area contributed by atoms with Crippen LogP contribution < -0.4 is 15.1 Å². The van der Waals surface area contributed by atoms with E-state index < -0.39 is 6.04 Å². The summed E-state index contributed by atoms with van der Waals surface area (Å²) in [5.41, 5.74) is 8.29. The fourth-order valence-electron chi connectivity index (χ4n) is 9.94. The Labute approximate surface area is 307 Å². The predicted octanol–water partition coefficient (Wildman–Crippen LogP) is 5.69. The number of nitrogens with one attached hydrogen (secondary N) is 1. The third kappa shape index (κ3) is 6.68. The van der Waals surface area contributed by atoms with Crippen molar-refractivity contribution in [3.05, 3.63) is 88.5 Å². The van der Waals surface area contributed by atoms with Gasteiger partial charge in [-0.2, -0.15) is 0 Å². The summed E-state index contributed by atoms with van der Waals surface area (Å²) in [6, 6.07) is 21.1. The van der Waals surface area contributed by atoms with Crippen LogP contribution in [0.5, 0.6) is 5.75 Å². The van der Waals surface area contributed by atoms with Crippen molar-refractivity contribution in [3.8, 4) is 5.75 Å². The Bertz CT molecular complexity index is 1840. The molecule has 3 aromatic rings. The maximum Gasteiger partial charge on any atom is 0.255 e. The quantitative estimate of drug-likeness (QED) is 0.292. The van der Waals surface area contributed by atoms with Crippen molar-refractivity contribution in [1.29, 1.82) is 0 Å². The van der Waals surface area contributed by atoms with E-state index in [2.05, 4.69) is 62.5 Å². The molecule has 6 aliphatic rings. The molecule has 0 bridgehead atoms. The maximum absolute atomic E-state index is 13.1. The van der Waals surface area contributed by atoms with Crippen LogP contribution in [-0.2, 0) is 22.6 Å². The molecule has 4 aliphatic heterocycles. The highest BCUT2D eigenvalue weighted by Crippen LogP contribution is 2.48. The number of hydrogen-bond acceptors (Lipinski definition) is 7. The molecule has 0 radical (unpaired) electrons. The number of aryl methyl sites for hydroxylation is 1. The summed E-state index contributed by atoms with van der Waals surface area (Å²) in [6.07, 6.45) is 9.50. The van der Waals surface area contributed by atoms with Crippen LogP contribution in [-0.4, -0.2) is 84.5 Å². The van der Waals surface area contributed by atoms with E-state index in [0.717, 1.165) is 69.4 Å². The van der Waals surface area contributed by atoms with Gasteiger partial charge < -0.3 is 19.8 Å². The summed E-state index contributed by atoms with van der Waals surface area (Å²) in [6.45, 7) is 7.76. The minimum Gasteiger partial charge on any atom is -0.508 e. The number of fused-ring (bicyclic) bond motifs is 2. The Morgan fingerprint density at radius 1 is 0.692 bits per heavy atom. The van der Waals surface area contributed by atoms with Gasteiger partial charge in [-0.05, 0) is 121 Å². The molecular weight excluding hydrogens is 651 g/mol. The molecule has 0 aromatic heterocycles. The van der Waals surface area contributed by atoms with Crippen LogP contribution in [0.2, 0.25) is 0 Å². The van der Waals surface area contributed by atoms with Crippen molar-refractivity contribution in [3.63, 3.8) is 0 Å². The summed E-state index contributed by atoms with van der Waals surface area (Å²) in [5.74, 6) is 2.37. The first kappa shape index (κ1) is 33.5. The first-order valence-electron chi connectivity index (χ1n) is 19.8. The Balaban J connectivity index is 0.765. The van der Waals surface area contributed by atoms with Gasteiger partial charge in [-0.1, -0.05) is 31.0 Å². The lowest BCUT2D eigenvalue weighted by Crippen LogP contribution is -2.52. The van der Waals surface area contributed by atoms with E-state index in [1.165, 1.54) is 60.9 Å². The molecule has 4 fully saturated rings. The van der Waals surface area contributed by atoms with Crippen LogP contribution in [0.15, 0.2) is 60.7 Å². The van der Waals surface area contributed by atoms with Crippen LogP contribution in [0.1, 0.15) is 89.9 Å². The summed E-state index contributed by atoms with van der Waals surface area (Å²) in [5, 5.41) is 12.5. The zero-order valence-corrected chi connectivity index (χ0v) is 30.1. The number of hydrogen-bond donors (Lipinski definition) is 2. The highest BCUT2D eigenvalue weighted by atomic mass is 16.3. The fraction of sp³-hybridized carbons (Fsp3) is 0.512. The minimum absolute atomic E-state index is 0.116. The van der Waals surface area contributed by atoms with Crippen LogP contribution in [0.25, 0.3) is 0 Å². The standard InChI is InChI=1S/C43H51N5O4/c49-36-10-12-37-31(25-36)3-4-32(23-28-1-2-28)41(37)30-5-7-34(8-6-30)46-17-15-29(16-18-46)26-45-19-21-47(22-20-45)35-9-11-38-33(24-35)27-48(43(38)52)39-13-14-40(50)44-42(39)51/h5-12,24-25,28-29,32,39,41,49H,1-4,13-23,26-27H2,(H,44,50,51)/t32-,39+,41+/m0/s1. The number of aromatic hydroxyl groups is 1. The summed E-state index contributed by atoms with van der Waals surface area (Å²) in [4.78, 5) is 46.5. The van der Waals surface area contributed by atoms with Crippen LogP contribution in [0.3, 0.4) is 0 Å². The lowest BCUT2D eigenvalue weighted by molar-refractivity contribution is -0.136. The number of benzene rings is 3. The van der Waals surface area contributed by atoms with Crippen molar-refractivity contribution in [2.24, 2.45) is 17.8 Å². The number of imide groups is 1. The Morgan fingerprint density at radius 2 is 1.44 bits per heavy atom. The zero-order valence-electron chi connectivity index (χ0n) is 30.1. The number of rotatable bonds is 8. The zero-order chi connectivity index (χ0) is 35.3. The molecule has 2 N–H and O–H groups in total. The van der Waals surface area contributed by atoms with Crippen LogP contribution >= 0.6 is 0 Å². The van der Waals surface area contributed by atoms with Gasteiger partial charge in [-0.25, -0.2) is 0 Å². The Kier molecular flexibility index (Phi) is 8.93. The summed E-state index contributed by atoms with van der Waals surface area (Å²) >= 11 is 0. The second-order valence-corrected chi connectivity index (χ2v) is 16.4. The third-order valence-electron chi connectivity index (χ3n) is 13.0. The highest BCUT2D eigenvalue weighted by Gasteiger charge is 2.40. The van der Waals surface area contributed by atoms with Gasteiger partial charge in [0.2, 0.25) is 11.8 Å². The van der Waals surface area contributed by atoms with Crippen LogP contribution in [0.4, 0.5) is 11.4 Å². The van der Waals surface area contributed by atoms with E-state index in [-0.39, 0.29) is 24.1 Å². The third-order valence-corrected chi connectivity index (χ3v) is 13.0. The topological polar surface area (TPSA) is 96.4 Å². The van der Waals surface area contributed by atoms with Gasteiger partial charge >= 0.3 is 0 Å². The molecule has 3 atom stereocenters. The van der Waals surface area contributed by atoms with E-state index in [1.807, 2.05) is 18.2 Å². The number of carbonyl (C=O) groups excluding carboxylic acids is 3. The molecule has 2 aliphatic carbocycles. The lowest BCUT2D eigenvalue weighted by atomic mass is 9.70. The smallest absolute Gasteiger partial charge is 0.255 e. The minimum atomic E-state index is -0.580. The molecule has 4 heterocycles. The Hall–Kier alpha value is -4.37. The van der Waals surface area contributed by atoms with Gasteiger partial charge in [-0.3, -0.25) is 24.6 Å². The number of carbonyl (C=O) groups is 3. The average molecular weight is 702 g/mol. The highest BCUT2D eigenvalue weighted by molar-refractivity contribution is 6.05. The van der Waals surface area contributed by atoms with E-state index in [1.54, 1.807) is 4.90 Å². The van der Waals surface area contributed by atoms with E-state index in [0.29, 0.717) is 42.0 Å². The van der Waals surface area contributed by atoms with Gasteiger partial charge in [-0.15, -0.1) is 0 Å². The van der Waals surface area contributed by atoms with E-state index >= 15 is 0 Å².